The average molecular weight is 214 g/mol. The van der Waals surface area contributed by atoms with Crippen molar-refractivity contribution in [2.75, 3.05) is 0 Å². The smallest absolute Gasteiger partial charge is 0.153 e. The summed E-state index contributed by atoms with van der Waals surface area (Å²) in [4.78, 5) is 8.24. The summed E-state index contributed by atoms with van der Waals surface area (Å²) >= 11 is 0. The molecule has 2 aromatic rings. The molecule has 4 nitrogen and oxygen atoms in total. The van der Waals surface area contributed by atoms with E-state index in [1.54, 1.807) is 18.6 Å². The predicted molar refractivity (Wildman–Crippen MR) is 59.2 cm³/mol. The van der Waals surface area contributed by atoms with Crippen LogP contribution in [0.2, 0.25) is 0 Å². The number of rotatable bonds is 4. The van der Waals surface area contributed by atoms with Crippen molar-refractivity contribution < 1.29 is 5.11 Å². The maximum atomic E-state index is 11.5. The third-order valence-electron chi connectivity index (χ3n) is 2.24. The van der Waals surface area contributed by atoms with Gasteiger partial charge in [0.15, 0.2) is 6.10 Å². The highest BCUT2D eigenvalue weighted by Gasteiger charge is 2.06. The Morgan fingerprint density at radius 1 is 1.50 bits per heavy atom. The van der Waals surface area contributed by atoms with Gasteiger partial charge in [-0.1, -0.05) is 18.7 Å². The van der Waals surface area contributed by atoms with E-state index in [-0.39, 0.29) is 0 Å². The fourth-order valence-corrected chi connectivity index (χ4v) is 1.43. The first-order valence-corrected chi connectivity index (χ1v) is 4.99. The first kappa shape index (κ1) is 10.6. The third kappa shape index (κ3) is 2.35. The molecule has 0 amide bonds. The third-order valence-corrected chi connectivity index (χ3v) is 2.24. The molecule has 0 saturated carbocycles. The summed E-state index contributed by atoms with van der Waals surface area (Å²) in [5, 5.41) is 11.5. The minimum Gasteiger partial charge on any atom is -0.331 e. The molecule has 2 aromatic heterocycles. The lowest BCUT2D eigenvalue weighted by molar-refractivity contribution is 0.128. The van der Waals surface area contributed by atoms with Gasteiger partial charge in [0.25, 0.3) is 0 Å². The molecule has 0 N–H and O–H groups in total. The normalized spacial score (nSPS) is 12.3. The zero-order chi connectivity index (χ0) is 11.4. The fourth-order valence-electron chi connectivity index (χ4n) is 1.43. The summed E-state index contributed by atoms with van der Waals surface area (Å²) in [6.45, 7) is 4.10. The van der Waals surface area contributed by atoms with Crippen molar-refractivity contribution in [3.8, 4) is 0 Å². The van der Waals surface area contributed by atoms with Crippen LogP contribution >= 0.6 is 0 Å². The van der Waals surface area contributed by atoms with Crippen LogP contribution < -0.4 is 0 Å². The second-order valence-electron chi connectivity index (χ2n) is 3.45. The van der Waals surface area contributed by atoms with Gasteiger partial charge in [-0.15, -0.1) is 0 Å². The molecule has 2 rings (SSSR count). The first-order valence-electron chi connectivity index (χ1n) is 4.99. The van der Waals surface area contributed by atoms with Crippen molar-refractivity contribution >= 4 is 0 Å². The zero-order valence-electron chi connectivity index (χ0n) is 8.78. The van der Waals surface area contributed by atoms with Gasteiger partial charge in [0, 0.05) is 12.4 Å². The molecule has 0 fully saturated rings. The summed E-state index contributed by atoms with van der Waals surface area (Å²) in [5.41, 5.74) is 1.35. The summed E-state index contributed by atoms with van der Waals surface area (Å²) in [6, 6.07) is 5.44. The van der Waals surface area contributed by atoms with Crippen molar-refractivity contribution in [1.29, 1.82) is 0 Å². The van der Waals surface area contributed by atoms with E-state index < -0.39 is 6.10 Å². The van der Waals surface area contributed by atoms with Gasteiger partial charge in [-0.05, 0) is 12.1 Å². The van der Waals surface area contributed by atoms with E-state index in [1.807, 2.05) is 22.9 Å². The van der Waals surface area contributed by atoms with E-state index in [4.69, 9.17) is 0 Å². The molecule has 0 aliphatic rings. The summed E-state index contributed by atoms with van der Waals surface area (Å²) < 4.78 is 1.90. The number of aromatic nitrogens is 3. The molecule has 4 heteroatoms. The maximum absolute atomic E-state index is 11.5. The van der Waals surface area contributed by atoms with Crippen molar-refractivity contribution in [1.82, 2.24) is 14.5 Å². The molecule has 2 heterocycles. The van der Waals surface area contributed by atoms with Crippen molar-refractivity contribution in [3.05, 3.63) is 61.0 Å². The topological polar surface area (TPSA) is 50.6 Å². The number of hydrogen-bond acceptors (Lipinski definition) is 2. The fraction of sp³-hybridized carbons (Fsp3) is 0.167. The highest BCUT2D eigenvalue weighted by atomic mass is 16.3. The number of pyridine rings is 1. The molecule has 1 radical (unpaired) electrons. The van der Waals surface area contributed by atoms with Crippen molar-refractivity contribution in [3.63, 3.8) is 0 Å². The highest BCUT2D eigenvalue weighted by Crippen LogP contribution is 2.12. The average Bonchev–Trinajstić information content (AvgIpc) is 2.81. The van der Waals surface area contributed by atoms with Crippen LogP contribution in [0.25, 0.3) is 0 Å². The Morgan fingerprint density at radius 3 is 3.06 bits per heavy atom. The lowest BCUT2D eigenvalue weighted by atomic mass is 10.2. The lowest BCUT2D eigenvalue weighted by Gasteiger charge is -2.06. The number of nitrogens with zero attached hydrogens (tertiary/aromatic N) is 3. The van der Waals surface area contributed by atoms with E-state index in [9.17, 15) is 5.11 Å². The predicted octanol–water partition coefficient (Wildman–Crippen LogP) is 1.98. The van der Waals surface area contributed by atoms with Crippen LogP contribution in [0.3, 0.4) is 0 Å². The summed E-state index contributed by atoms with van der Waals surface area (Å²) in [5.74, 6) is 0. The van der Waals surface area contributed by atoms with E-state index in [2.05, 4.69) is 16.5 Å². The van der Waals surface area contributed by atoms with Gasteiger partial charge in [0.1, 0.15) is 0 Å². The van der Waals surface area contributed by atoms with Gasteiger partial charge in [0.05, 0.1) is 24.3 Å². The molecule has 16 heavy (non-hydrogen) atoms. The largest absolute Gasteiger partial charge is 0.331 e. The number of hydrogen-bond donors (Lipinski definition) is 0. The molecule has 0 spiro atoms. The van der Waals surface area contributed by atoms with Crippen LogP contribution in [-0.4, -0.2) is 14.5 Å². The molecular formula is C12H12N3O. The van der Waals surface area contributed by atoms with Crippen LogP contribution in [0.1, 0.15) is 17.5 Å². The highest BCUT2D eigenvalue weighted by molar-refractivity contribution is 5.16. The van der Waals surface area contributed by atoms with E-state index >= 15 is 0 Å². The summed E-state index contributed by atoms with van der Waals surface area (Å²) in [7, 11) is 0. The quantitative estimate of drug-likeness (QED) is 0.731. The first-order chi connectivity index (χ1) is 7.79. The van der Waals surface area contributed by atoms with Crippen LogP contribution in [0.15, 0.2) is 49.6 Å². The number of imidazole rings is 1. The van der Waals surface area contributed by atoms with Crippen LogP contribution in [0, 0.1) is 0 Å². The van der Waals surface area contributed by atoms with Gasteiger partial charge in [0.2, 0.25) is 0 Å². The Hall–Kier alpha value is -1.94. The molecule has 0 aromatic carbocycles. The molecule has 0 saturated heterocycles. The van der Waals surface area contributed by atoms with Crippen LogP contribution in [0.4, 0.5) is 0 Å². The Balaban J connectivity index is 2.19. The van der Waals surface area contributed by atoms with Gasteiger partial charge in [-0.3, -0.25) is 4.98 Å². The maximum Gasteiger partial charge on any atom is 0.153 e. The molecule has 81 valence electrons. The molecular weight excluding hydrogens is 202 g/mol. The minimum atomic E-state index is -0.956. The Bertz CT molecular complexity index is 465. The van der Waals surface area contributed by atoms with Crippen molar-refractivity contribution in [2.45, 2.75) is 12.6 Å². The molecule has 0 bridgehead atoms. The molecule has 1 atom stereocenters. The van der Waals surface area contributed by atoms with Crippen LogP contribution in [0.5, 0.6) is 0 Å². The molecule has 0 aliphatic carbocycles. The standard InChI is InChI=1S/C12H12N3O/c1-2-12(16)11-5-3-4-10(14-11)8-15-7-6-13-9-15/h2-7,9,12H,1,8H2. The van der Waals surface area contributed by atoms with Gasteiger partial charge in [-0.2, -0.15) is 0 Å². The second-order valence-corrected chi connectivity index (χ2v) is 3.45. The Labute approximate surface area is 93.9 Å². The van der Waals surface area contributed by atoms with Crippen molar-refractivity contribution in [2.24, 2.45) is 0 Å². The monoisotopic (exact) mass is 214 g/mol. The zero-order valence-corrected chi connectivity index (χ0v) is 8.78. The van der Waals surface area contributed by atoms with E-state index in [1.165, 1.54) is 6.08 Å². The molecule has 1 unspecified atom stereocenters. The van der Waals surface area contributed by atoms with Gasteiger partial charge < -0.3 is 4.57 Å². The van der Waals surface area contributed by atoms with Crippen LogP contribution in [-0.2, 0) is 11.7 Å². The lowest BCUT2D eigenvalue weighted by Crippen LogP contribution is -2.03. The Kier molecular flexibility index (Phi) is 3.12. The Morgan fingerprint density at radius 2 is 2.38 bits per heavy atom. The van der Waals surface area contributed by atoms with E-state index in [0.717, 1.165) is 5.69 Å². The van der Waals surface area contributed by atoms with Gasteiger partial charge in [-0.25, -0.2) is 10.1 Å². The van der Waals surface area contributed by atoms with E-state index in [0.29, 0.717) is 12.2 Å². The minimum absolute atomic E-state index is 0.507. The second kappa shape index (κ2) is 4.72. The summed E-state index contributed by atoms with van der Waals surface area (Å²) in [6.07, 6.45) is 5.68. The molecule has 0 aliphatic heterocycles. The SMILES string of the molecule is C=CC([O])c1cccc(Cn2ccnc2)n1. The van der Waals surface area contributed by atoms with Gasteiger partial charge >= 0.3 is 0 Å².